The summed E-state index contributed by atoms with van der Waals surface area (Å²) in [4.78, 5) is 23.8. The molecule has 3 N–H and O–H groups in total. The molecule has 7 nitrogen and oxygen atoms in total. The number of aromatic nitrogens is 3. The van der Waals surface area contributed by atoms with Gasteiger partial charge in [-0.1, -0.05) is 35.5 Å². The molecule has 0 aliphatic rings. The van der Waals surface area contributed by atoms with Crippen LogP contribution in [-0.2, 0) is 0 Å². The van der Waals surface area contributed by atoms with E-state index in [0.29, 0.717) is 16.9 Å². The van der Waals surface area contributed by atoms with E-state index in [4.69, 9.17) is 5.73 Å². The van der Waals surface area contributed by atoms with E-state index in [-0.39, 0.29) is 17.3 Å². The number of carbonyl (C=O) groups excluding carboxylic acids is 2. The zero-order valence-corrected chi connectivity index (χ0v) is 12.9. The lowest BCUT2D eigenvalue weighted by atomic mass is 10.1. The minimum absolute atomic E-state index is 0.0204. The number of rotatable bonds is 4. The van der Waals surface area contributed by atoms with Crippen molar-refractivity contribution in [1.29, 1.82) is 0 Å². The Morgan fingerprint density at radius 1 is 1.08 bits per heavy atom. The molecular weight excluding hydrogens is 306 g/mol. The molecule has 2 aromatic carbocycles. The van der Waals surface area contributed by atoms with Gasteiger partial charge in [0.25, 0.3) is 5.91 Å². The second-order valence-corrected chi connectivity index (χ2v) is 5.16. The van der Waals surface area contributed by atoms with Gasteiger partial charge in [-0.05, 0) is 31.2 Å². The van der Waals surface area contributed by atoms with Gasteiger partial charge in [0, 0.05) is 11.3 Å². The fourth-order valence-corrected chi connectivity index (χ4v) is 2.22. The largest absolute Gasteiger partial charge is 0.382 e. The number of hydrogen-bond acceptors (Lipinski definition) is 5. The van der Waals surface area contributed by atoms with Crippen molar-refractivity contribution in [3.05, 3.63) is 65.9 Å². The Morgan fingerprint density at radius 2 is 1.83 bits per heavy atom. The lowest BCUT2D eigenvalue weighted by Gasteiger charge is -2.06. The summed E-state index contributed by atoms with van der Waals surface area (Å²) in [6.45, 7) is 1.46. The molecule has 3 aromatic rings. The van der Waals surface area contributed by atoms with Crippen molar-refractivity contribution in [2.45, 2.75) is 6.92 Å². The molecule has 3 rings (SSSR count). The summed E-state index contributed by atoms with van der Waals surface area (Å²) in [5, 5.41) is 10.4. The Kier molecular flexibility index (Phi) is 4.07. The molecular formula is C17H15N5O2. The number of Topliss-reactive ketones (excluding diaryl/α,β-unsaturated/α-hetero) is 1. The first kappa shape index (κ1) is 15.4. The van der Waals surface area contributed by atoms with Crippen molar-refractivity contribution >= 4 is 23.2 Å². The number of nitrogens with zero attached hydrogens (tertiary/aromatic N) is 3. The maximum atomic E-state index is 12.4. The smallest absolute Gasteiger partial charge is 0.280 e. The SMILES string of the molecule is CC(=O)c1cccc(NC(=O)c2nnn(-c3ccccc3)c2N)c1. The Balaban J connectivity index is 1.85. The molecule has 0 aliphatic heterocycles. The molecule has 1 amide bonds. The first-order valence-corrected chi connectivity index (χ1v) is 7.25. The molecule has 1 heterocycles. The van der Waals surface area contributed by atoms with Gasteiger partial charge in [-0.3, -0.25) is 9.59 Å². The molecule has 1 aromatic heterocycles. The maximum Gasteiger partial charge on any atom is 0.280 e. The fourth-order valence-electron chi connectivity index (χ4n) is 2.22. The molecule has 24 heavy (non-hydrogen) atoms. The van der Waals surface area contributed by atoms with Gasteiger partial charge in [-0.25, -0.2) is 0 Å². The molecule has 0 fully saturated rings. The number of carbonyl (C=O) groups is 2. The van der Waals surface area contributed by atoms with Crippen LogP contribution < -0.4 is 11.1 Å². The molecule has 0 spiro atoms. The van der Waals surface area contributed by atoms with Crippen LogP contribution in [0.25, 0.3) is 5.69 Å². The van der Waals surface area contributed by atoms with Crippen molar-refractivity contribution in [2.75, 3.05) is 11.1 Å². The van der Waals surface area contributed by atoms with Crippen molar-refractivity contribution < 1.29 is 9.59 Å². The molecule has 0 radical (unpaired) electrons. The number of amides is 1. The standard InChI is InChI=1S/C17H15N5O2/c1-11(23)12-6-5-7-13(10-12)19-17(24)15-16(18)22(21-20-15)14-8-3-2-4-9-14/h2-10H,18H2,1H3,(H,19,24). The zero-order chi connectivity index (χ0) is 17.1. The van der Waals surface area contributed by atoms with Crippen LogP contribution in [0, 0.1) is 0 Å². The van der Waals surface area contributed by atoms with Gasteiger partial charge in [0.15, 0.2) is 17.3 Å². The van der Waals surface area contributed by atoms with Gasteiger partial charge >= 0.3 is 0 Å². The van der Waals surface area contributed by atoms with Crippen LogP contribution in [0.5, 0.6) is 0 Å². The summed E-state index contributed by atoms with van der Waals surface area (Å²) in [6, 6.07) is 15.8. The van der Waals surface area contributed by atoms with Crippen LogP contribution in [-0.4, -0.2) is 26.7 Å². The fraction of sp³-hybridized carbons (Fsp3) is 0.0588. The van der Waals surface area contributed by atoms with Crippen LogP contribution in [0.3, 0.4) is 0 Å². The number of nitrogen functional groups attached to an aromatic ring is 1. The Bertz CT molecular complexity index is 902. The second-order valence-electron chi connectivity index (χ2n) is 5.16. The molecule has 0 atom stereocenters. The number of para-hydroxylation sites is 1. The van der Waals surface area contributed by atoms with Crippen molar-refractivity contribution in [1.82, 2.24) is 15.0 Å². The molecule has 120 valence electrons. The molecule has 0 saturated carbocycles. The first-order valence-electron chi connectivity index (χ1n) is 7.25. The second kappa shape index (κ2) is 6.33. The zero-order valence-electron chi connectivity index (χ0n) is 12.9. The van der Waals surface area contributed by atoms with E-state index < -0.39 is 5.91 Å². The van der Waals surface area contributed by atoms with Crippen LogP contribution in [0.15, 0.2) is 54.6 Å². The van der Waals surface area contributed by atoms with Crippen LogP contribution in [0.2, 0.25) is 0 Å². The third kappa shape index (κ3) is 3.00. The summed E-state index contributed by atoms with van der Waals surface area (Å²) in [6.07, 6.45) is 0. The highest BCUT2D eigenvalue weighted by Crippen LogP contribution is 2.17. The van der Waals surface area contributed by atoms with Crippen LogP contribution >= 0.6 is 0 Å². The van der Waals surface area contributed by atoms with Crippen molar-refractivity contribution in [2.24, 2.45) is 0 Å². The molecule has 0 aliphatic carbocycles. The number of benzene rings is 2. The number of anilines is 2. The van der Waals surface area contributed by atoms with Crippen molar-refractivity contribution in [3.63, 3.8) is 0 Å². The van der Waals surface area contributed by atoms with E-state index in [1.807, 2.05) is 30.3 Å². The summed E-state index contributed by atoms with van der Waals surface area (Å²) < 4.78 is 1.39. The first-order chi connectivity index (χ1) is 11.6. The van der Waals surface area contributed by atoms with E-state index in [2.05, 4.69) is 15.6 Å². The van der Waals surface area contributed by atoms with E-state index >= 15 is 0 Å². The topological polar surface area (TPSA) is 103 Å². The predicted octanol–water partition coefficient (Wildman–Crippen LogP) is 2.30. The predicted molar refractivity (Wildman–Crippen MR) is 90.2 cm³/mol. The summed E-state index contributed by atoms with van der Waals surface area (Å²) >= 11 is 0. The number of nitrogens with one attached hydrogen (secondary N) is 1. The van der Waals surface area contributed by atoms with E-state index in [1.54, 1.807) is 24.3 Å². The highest BCUT2D eigenvalue weighted by molar-refractivity contribution is 6.06. The third-order valence-corrected chi connectivity index (χ3v) is 3.45. The lowest BCUT2D eigenvalue weighted by Crippen LogP contribution is -2.15. The summed E-state index contributed by atoms with van der Waals surface area (Å²) in [7, 11) is 0. The molecule has 0 saturated heterocycles. The van der Waals surface area contributed by atoms with E-state index in [0.717, 1.165) is 0 Å². The molecule has 7 heteroatoms. The quantitative estimate of drug-likeness (QED) is 0.718. The normalized spacial score (nSPS) is 10.4. The highest BCUT2D eigenvalue weighted by atomic mass is 16.2. The van der Waals surface area contributed by atoms with Crippen LogP contribution in [0.4, 0.5) is 11.5 Å². The van der Waals surface area contributed by atoms with Crippen molar-refractivity contribution in [3.8, 4) is 5.69 Å². The lowest BCUT2D eigenvalue weighted by molar-refractivity contribution is 0.100. The van der Waals surface area contributed by atoms with Gasteiger partial charge in [-0.15, -0.1) is 5.10 Å². The Hall–Kier alpha value is -3.48. The number of hydrogen-bond donors (Lipinski definition) is 2. The van der Waals surface area contributed by atoms with Crippen LogP contribution in [0.1, 0.15) is 27.8 Å². The summed E-state index contributed by atoms with van der Waals surface area (Å²) in [5.41, 5.74) is 7.72. The minimum atomic E-state index is -0.490. The van der Waals surface area contributed by atoms with Gasteiger partial charge in [0.05, 0.1) is 5.69 Å². The highest BCUT2D eigenvalue weighted by Gasteiger charge is 2.18. The number of nitrogens with two attached hydrogens (primary N) is 1. The summed E-state index contributed by atoms with van der Waals surface area (Å²) in [5.74, 6) is -0.433. The van der Waals surface area contributed by atoms with E-state index in [1.165, 1.54) is 11.6 Å². The minimum Gasteiger partial charge on any atom is -0.382 e. The van der Waals surface area contributed by atoms with Gasteiger partial charge in [-0.2, -0.15) is 4.68 Å². The van der Waals surface area contributed by atoms with E-state index in [9.17, 15) is 9.59 Å². The molecule has 0 bridgehead atoms. The monoisotopic (exact) mass is 321 g/mol. The van der Waals surface area contributed by atoms with Gasteiger partial charge in [0.2, 0.25) is 0 Å². The average molecular weight is 321 g/mol. The maximum absolute atomic E-state index is 12.4. The third-order valence-electron chi connectivity index (χ3n) is 3.45. The molecule has 0 unspecified atom stereocenters. The van der Waals surface area contributed by atoms with Gasteiger partial charge in [0.1, 0.15) is 0 Å². The average Bonchev–Trinajstić information content (AvgIpc) is 2.97. The Morgan fingerprint density at radius 3 is 2.54 bits per heavy atom. The van der Waals surface area contributed by atoms with Gasteiger partial charge < -0.3 is 11.1 Å². The Labute approximate surface area is 138 Å². The number of ketones is 1.